The van der Waals surface area contributed by atoms with Crippen LogP contribution in [0.2, 0.25) is 0 Å². The van der Waals surface area contributed by atoms with Crippen molar-refractivity contribution >= 4 is 12.4 Å². The monoisotopic (exact) mass is 351 g/mol. The minimum atomic E-state index is -0.682. The first-order valence-corrected chi connectivity index (χ1v) is 7.87. The maximum atomic E-state index is 9.29. The van der Waals surface area contributed by atoms with Gasteiger partial charge in [0.1, 0.15) is 6.10 Å². The van der Waals surface area contributed by atoms with Gasteiger partial charge in [-0.2, -0.15) is 0 Å². The van der Waals surface area contributed by atoms with Gasteiger partial charge in [-0.15, -0.1) is 12.4 Å². The molecule has 2 rings (SSSR count). The van der Waals surface area contributed by atoms with Crippen LogP contribution in [0.5, 0.6) is 0 Å². The van der Waals surface area contributed by atoms with Crippen LogP contribution in [0.1, 0.15) is 24.2 Å². The summed E-state index contributed by atoms with van der Waals surface area (Å²) >= 11 is 0. The summed E-state index contributed by atoms with van der Waals surface area (Å²) in [5.74, 6) is 0. The van der Waals surface area contributed by atoms with Crippen molar-refractivity contribution < 1.29 is 14.9 Å². The lowest BCUT2D eigenvalue weighted by atomic mass is 10.0. The maximum Gasteiger partial charge on any atom is 0.108 e. The number of hydrogen-bond acceptors (Lipinski definition) is 4. The van der Waals surface area contributed by atoms with Gasteiger partial charge in [-0.05, 0) is 18.1 Å². The number of rotatable bonds is 9. The van der Waals surface area contributed by atoms with Crippen molar-refractivity contribution in [3.05, 3.63) is 71.8 Å². The quantitative estimate of drug-likeness (QED) is 0.608. The van der Waals surface area contributed by atoms with Crippen LogP contribution in [0.15, 0.2) is 60.7 Å². The molecule has 0 saturated heterocycles. The fraction of sp³-hybridized carbons (Fsp3) is 0.368. The molecule has 2 aromatic carbocycles. The van der Waals surface area contributed by atoms with Gasteiger partial charge in [0.25, 0.3) is 0 Å². The zero-order valence-corrected chi connectivity index (χ0v) is 14.7. The molecular formula is C19H26ClNO3. The maximum absolute atomic E-state index is 9.29. The zero-order chi connectivity index (χ0) is 16.5. The molecule has 0 aliphatic carbocycles. The summed E-state index contributed by atoms with van der Waals surface area (Å²) in [6.45, 7) is 2.56. The molecule has 0 aliphatic rings. The van der Waals surface area contributed by atoms with Gasteiger partial charge < -0.3 is 20.3 Å². The van der Waals surface area contributed by atoms with E-state index in [4.69, 9.17) is 4.74 Å². The highest BCUT2D eigenvalue weighted by Crippen LogP contribution is 2.25. The first-order valence-electron chi connectivity index (χ1n) is 7.87. The van der Waals surface area contributed by atoms with Crippen molar-refractivity contribution in [2.75, 3.05) is 26.4 Å². The molecule has 132 valence electrons. The largest absolute Gasteiger partial charge is 0.394 e. The average molecular weight is 352 g/mol. The van der Waals surface area contributed by atoms with Gasteiger partial charge in [0.15, 0.2) is 0 Å². The Bertz CT molecular complexity index is 522. The van der Waals surface area contributed by atoms with E-state index in [1.165, 1.54) is 0 Å². The number of aliphatic hydroxyl groups is 2. The zero-order valence-electron chi connectivity index (χ0n) is 13.9. The third kappa shape index (κ3) is 5.89. The summed E-state index contributed by atoms with van der Waals surface area (Å²) in [5, 5.41) is 21.7. The summed E-state index contributed by atoms with van der Waals surface area (Å²) in [4.78, 5) is 0. The predicted molar refractivity (Wildman–Crippen MR) is 98.5 cm³/mol. The Morgan fingerprint density at radius 1 is 0.917 bits per heavy atom. The van der Waals surface area contributed by atoms with E-state index < -0.39 is 5.54 Å². The van der Waals surface area contributed by atoms with E-state index in [0.29, 0.717) is 13.2 Å². The Hall–Kier alpha value is -1.43. The molecule has 3 N–H and O–H groups in total. The topological polar surface area (TPSA) is 61.7 Å². The van der Waals surface area contributed by atoms with Crippen LogP contribution in [0.3, 0.4) is 0 Å². The van der Waals surface area contributed by atoms with E-state index in [-0.39, 0.29) is 31.7 Å². The van der Waals surface area contributed by atoms with Crippen LogP contribution in [0.25, 0.3) is 0 Å². The highest BCUT2D eigenvalue weighted by Gasteiger charge is 2.21. The molecule has 0 radical (unpaired) electrons. The molecule has 0 aliphatic heterocycles. The molecule has 5 heteroatoms. The highest BCUT2D eigenvalue weighted by molar-refractivity contribution is 5.85. The lowest BCUT2D eigenvalue weighted by molar-refractivity contribution is 0.0610. The van der Waals surface area contributed by atoms with Crippen LogP contribution in [0, 0.1) is 0 Å². The van der Waals surface area contributed by atoms with E-state index in [2.05, 4.69) is 29.6 Å². The van der Waals surface area contributed by atoms with Crippen molar-refractivity contribution in [2.24, 2.45) is 0 Å². The van der Waals surface area contributed by atoms with E-state index in [0.717, 1.165) is 11.1 Å². The highest BCUT2D eigenvalue weighted by atomic mass is 35.5. The Labute approximate surface area is 149 Å². The van der Waals surface area contributed by atoms with Gasteiger partial charge in [-0.25, -0.2) is 0 Å². The van der Waals surface area contributed by atoms with E-state index in [1.54, 1.807) is 6.92 Å². The summed E-state index contributed by atoms with van der Waals surface area (Å²) in [6, 6.07) is 20.2. The Morgan fingerprint density at radius 3 is 1.79 bits per heavy atom. The van der Waals surface area contributed by atoms with E-state index >= 15 is 0 Å². The second kappa shape index (κ2) is 10.4. The number of benzene rings is 2. The first kappa shape index (κ1) is 20.6. The van der Waals surface area contributed by atoms with Gasteiger partial charge in [0, 0.05) is 6.54 Å². The molecule has 0 heterocycles. The second-order valence-electron chi connectivity index (χ2n) is 5.88. The van der Waals surface area contributed by atoms with Gasteiger partial charge in [0.05, 0.1) is 25.4 Å². The Morgan fingerprint density at radius 2 is 1.38 bits per heavy atom. The van der Waals surface area contributed by atoms with Crippen LogP contribution in [-0.4, -0.2) is 42.1 Å². The molecule has 0 amide bonds. The third-order valence-corrected chi connectivity index (χ3v) is 3.84. The van der Waals surface area contributed by atoms with Crippen LogP contribution < -0.4 is 5.32 Å². The number of halogens is 1. The van der Waals surface area contributed by atoms with Crippen molar-refractivity contribution in [3.63, 3.8) is 0 Å². The molecule has 0 spiro atoms. The van der Waals surface area contributed by atoms with Gasteiger partial charge in [-0.3, -0.25) is 0 Å². The molecule has 0 unspecified atom stereocenters. The van der Waals surface area contributed by atoms with E-state index in [1.807, 2.05) is 36.4 Å². The normalized spacial score (nSPS) is 11.3. The first-order chi connectivity index (χ1) is 11.2. The Kier molecular flexibility index (Phi) is 8.97. The van der Waals surface area contributed by atoms with Crippen LogP contribution in [0.4, 0.5) is 0 Å². The number of aliphatic hydroxyl groups excluding tert-OH is 2. The van der Waals surface area contributed by atoms with Crippen molar-refractivity contribution in [3.8, 4) is 0 Å². The molecule has 0 atom stereocenters. The van der Waals surface area contributed by atoms with Crippen LogP contribution >= 0.6 is 12.4 Å². The summed E-state index contributed by atoms with van der Waals surface area (Å²) in [5.41, 5.74) is 1.52. The number of nitrogens with one attached hydrogen (secondary N) is 1. The molecule has 0 saturated carbocycles. The molecule has 4 nitrogen and oxygen atoms in total. The average Bonchev–Trinajstić information content (AvgIpc) is 2.63. The lowest BCUT2D eigenvalue weighted by Crippen LogP contribution is -2.50. The smallest absolute Gasteiger partial charge is 0.108 e. The third-order valence-electron chi connectivity index (χ3n) is 3.84. The van der Waals surface area contributed by atoms with Crippen molar-refractivity contribution in [1.82, 2.24) is 5.32 Å². The predicted octanol–water partition coefficient (Wildman–Crippen LogP) is 2.55. The molecule has 0 bridgehead atoms. The fourth-order valence-electron chi connectivity index (χ4n) is 2.33. The van der Waals surface area contributed by atoms with Gasteiger partial charge >= 0.3 is 0 Å². The number of hydrogen-bond donors (Lipinski definition) is 3. The summed E-state index contributed by atoms with van der Waals surface area (Å²) in [6.07, 6.45) is -0.131. The fourth-order valence-corrected chi connectivity index (χ4v) is 2.33. The van der Waals surface area contributed by atoms with E-state index in [9.17, 15) is 10.2 Å². The summed E-state index contributed by atoms with van der Waals surface area (Å²) < 4.78 is 6.07. The number of ether oxygens (including phenoxy) is 1. The van der Waals surface area contributed by atoms with Gasteiger partial charge in [-0.1, -0.05) is 60.7 Å². The SMILES string of the molecule is CC(CO)(CO)NCCOC(c1ccccc1)c1ccccc1.Cl. The minimum absolute atomic E-state index is 0. The molecule has 0 fully saturated rings. The molecule has 24 heavy (non-hydrogen) atoms. The molecular weight excluding hydrogens is 326 g/mol. The van der Waals surface area contributed by atoms with Crippen molar-refractivity contribution in [2.45, 2.75) is 18.6 Å². The van der Waals surface area contributed by atoms with Gasteiger partial charge in [0.2, 0.25) is 0 Å². The van der Waals surface area contributed by atoms with Crippen molar-refractivity contribution in [1.29, 1.82) is 0 Å². The Balaban J connectivity index is 0.00000288. The molecule has 0 aromatic heterocycles. The standard InChI is InChI=1S/C19H25NO3.ClH/c1-19(14-21,15-22)20-12-13-23-18(16-8-4-2-5-9-16)17-10-6-3-7-11-17;/h2-11,18,20-22H,12-15H2,1H3;1H. The lowest BCUT2D eigenvalue weighted by Gasteiger charge is -2.27. The van der Waals surface area contributed by atoms with Crippen LogP contribution in [-0.2, 0) is 4.74 Å². The minimum Gasteiger partial charge on any atom is -0.394 e. The molecule has 2 aromatic rings. The summed E-state index contributed by atoms with van der Waals surface area (Å²) in [7, 11) is 0. The second-order valence-corrected chi connectivity index (χ2v) is 5.88.